The summed E-state index contributed by atoms with van der Waals surface area (Å²) in [7, 11) is 0. The average Bonchev–Trinajstić information content (AvgIpc) is 3.70. The smallest absolute Gasteiger partial charge is 0.309 e. The Morgan fingerprint density at radius 2 is 0.788 bits per heavy atom. The van der Waals surface area contributed by atoms with Crippen molar-refractivity contribution in [2.24, 2.45) is 0 Å². The molecule has 0 aliphatic heterocycles. The van der Waals surface area contributed by atoms with Crippen LogP contribution in [0.15, 0.2) is 200 Å². The first-order chi connectivity index (χ1) is 32.2. The Kier molecular flexibility index (Phi) is 10.0. The molecular formula is C56H36F3N7. The van der Waals surface area contributed by atoms with Gasteiger partial charge in [-0.1, -0.05) is 152 Å². The zero-order chi connectivity index (χ0) is 44.8. The molecule has 316 valence electrons. The highest BCUT2D eigenvalue weighted by molar-refractivity contribution is 6.11. The second-order valence-electron chi connectivity index (χ2n) is 15.9. The van der Waals surface area contributed by atoms with E-state index in [-0.39, 0.29) is 0 Å². The van der Waals surface area contributed by atoms with Gasteiger partial charge in [-0.25, -0.2) is 29.9 Å². The van der Waals surface area contributed by atoms with Crippen LogP contribution >= 0.6 is 0 Å². The maximum absolute atomic E-state index is 13.7. The van der Waals surface area contributed by atoms with Crippen molar-refractivity contribution in [3.05, 3.63) is 211 Å². The third-order valence-corrected chi connectivity index (χ3v) is 11.7. The number of nitrogens with zero attached hydrogens (tertiary/aromatic N) is 7. The topological polar surface area (TPSA) is 82.3 Å². The number of benzene rings is 8. The molecule has 10 heteroatoms. The van der Waals surface area contributed by atoms with E-state index in [9.17, 15) is 13.2 Å². The number of halogens is 3. The molecule has 0 aliphatic carbocycles. The number of para-hydroxylation sites is 1. The van der Waals surface area contributed by atoms with E-state index in [4.69, 9.17) is 29.9 Å². The normalized spacial score (nSPS) is 11.6. The van der Waals surface area contributed by atoms with Crippen LogP contribution in [0.3, 0.4) is 0 Å². The van der Waals surface area contributed by atoms with Crippen molar-refractivity contribution in [1.82, 2.24) is 34.5 Å². The number of rotatable bonds is 8. The molecule has 0 saturated carbocycles. The van der Waals surface area contributed by atoms with Crippen molar-refractivity contribution in [3.63, 3.8) is 0 Å². The summed E-state index contributed by atoms with van der Waals surface area (Å²) in [6, 6.07) is 63.5. The van der Waals surface area contributed by atoms with E-state index in [0.29, 0.717) is 51.6 Å². The van der Waals surface area contributed by atoms with E-state index < -0.39 is 11.7 Å². The second-order valence-corrected chi connectivity index (χ2v) is 15.9. The Balaban J connectivity index is 1.17. The Labute approximate surface area is 377 Å². The third-order valence-electron chi connectivity index (χ3n) is 11.7. The van der Waals surface area contributed by atoms with E-state index in [1.165, 1.54) is 6.07 Å². The molecule has 7 nitrogen and oxygen atoms in total. The van der Waals surface area contributed by atoms with Crippen LogP contribution in [0.5, 0.6) is 0 Å². The molecule has 0 spiro atoms. The Morgan fingerprint density at radius 3 is 1.29 bits per heavy atom. The van der Waals surface area contributed by atoms with Gasteiger partial charge in [0, 0.05) is 44.2 Å². The van der Waals surface area contributed by atoms with E-state index in [2.05, 4.69) is 22.8 Å². The van der Waals surface area contributed by atoms with E-state index in [0.717, 1.165) is 66.9 Å². The van der Waals surface area contributed by atoms with Gasteiger partial charge in [-0.2, -0.15) is 13.2 Å². The maximum Gasteiger partial charge on any atom is 0.416 e. The van der Waals surface area contributed by atoms with Crippen LogP contribution in [0, 0.1) is 6.92 Å². The molecule has 8 aromatic carbocycles. The molecule has 11 aromatic rings. The van der Waals surface area contributed by atoms with Gasteiger partial charge < -0.3 is 4.57 Å². The van der Waals surface area contributed by atoms with Crippen LogP contribution < -0.4 is 0 Å². The number of alkyl halides is 3. The highest BCUT2D eigenvalue weighted by Crippen LogP contribution is 2.41. The van der Waals surface area contributed by atoms with Crippen molar-refractivity contribution in [2.75, 3.05) is 0 Å². The first-order valence-electron chi connectivity index (χ1n) is 21.4. The lowest BCUT2D eigenvalue weighted by molar-refractivity contribution is -0.137. The molecule has 0 radical (unpaired) electrons. The number of aromatic nitrogens is 7. The van der Waals surface area contributed by atoms with Crippen LogP contribution in [0.25, 0.3) is 107 Å². The number of hydrogen-bond acceptors (Lipinski definition) is 6. The zero-order valence-electron chi connectivity index (χ0n) is 35.3. The standard InChI is InChI=1S/C56H36F3N7/c1-35-32-42(56(57,58)59)28-29-43(35)40-26-30-48-45(33-40)44-24-14-15-25-47(44)66(48)49-31-27-41(54-62-50(36-16-6-2-7-17-36)60-51(63-54)37-18-8-3-9-19-37)34-46(49)55-64-52(38-20-10-4-11-21-38)61-53(65-55)39-22-12-5-13-23-39/h2-34H,1H3. The van der Waals surface area contributed by atoms with Crippen LogP contribution in [0.2, 0.25) is 0 Å². The van der Waals surface area contributed by atoms with Gasteiger partial charge in [0.1, 0.15) is 0 Å². The van der Waals surface area contributed by atoms with E-state index >= 15 is 0 Å². The summed E-state index contributed by atoms with van der Waals surface area (Å²) >= 11 is 0. The lowest BCUT2D eigenvalue weighted by Gasteiger charge is -2.16. The molecule has 0 N–H and O–H groups in total. The molecule has 0 fully saturated rings. The van der Waals surface area contributed by atoms with Crippen LogP contribution in [-0.4, -0.2) is 34.5 Å². The van der Waals surface area contributed by atoms with E-state index in [1.54, 1.807) is 13.0 Å². The Bertz CT molecular complexity index is 3460. The van der Waals surface area contributed by atoms with Gasteiger partial charge in [0.2, 0.25) is 0 Å². The molecule has 3 aromatic heterocycles. The van der Waals surface area contributed by atoms with Gasteiger partial charge in [-0.15, -0.1) is 0 Å². The van der Waals surface area contributed by atoms with Gasteiger partial charge in [0.25, 0.3) is 0 Å². The van der Waals surface area contributed by atoms with E-state index in [1.807, 2.05) is 164 Å². The number of aryl methyl sites for hydroxylation is 1. The fraction of sp³-hybridized carbons (Fsp3) is 0.0357. The van der Waals surface area contributed by atoms with Gasteiger partial charge >= 0.3 is 6.18 Å². The molecule has 11 rings (SSSR count). The summed E-state index contributed by atoms with van der Waals surface area (Å²) in [6.45, 7) is 1.71. The second kappa shape index (κ2) is 16.5. The molecule has 0 saturated heterocycles. The molecule has 0 aliphatic rings. The quantitative estimate of drug-likeness (QED) is 0.151. The molecule has 0 bridgehead atoms. The molecule has 0 amide bonds. The highest BCUT2D eigenvalue weighted by atomic mass is 19.4. The number of hydrogen-bond donors (Lipinski definition) is 0. The summed E-state index contributed by atoms with van der Waals surface area (Å²) in [5.74, 6) is 2.98. The Hall–Kier alpha value is -8.63. The predicted molar refractivity (Wildman–Crippen MR) is 255 cm³/mol. The molecule has 0 unspecified atom stereocenters. The predicted octanol–water partition coefficient (Wildman–Crippen LogP) is 14.1. The molecular weight excluding hydrogens is 828 g/mol. The largest absolute Gasteiger partial charge is 0.416 e. The summed E-state index contributed by atoms with van der Waals surface area (Å²) < 4.78 is 43.3. The van der Waals surface area contributed by atoms with Crippen molar-refractivity contribution < 1.29 is 13.2 Å². The number of fused-ring (bicyclic) bond motifs is 3. The van der Waals surface area contributed by atoms with Gasteiger partial charge in [-0.3, -0.25) is 0 Å². The molecule has 66 heavy (non-hydrogen) atoms. The summed E-state index contributed by atoms with van der Waals surface area (Å²) in [6.07, 6.45) is -4.44. The van der Waals surface area contributed by atoms with Gasteiger partial charge in [-0.05, 0) is 72.1 Å². The average molecular weight is 864 g/mol. The van der Waals surface area contributed by atoms with Crippen molar-refractivity contribution >= 4 is 21.8 Å². The maximum atomic E-state index is 13.7. The first-order valence-corrected chi connectivity index (χ1v) is 21.4. The van der Waals surface area contributed by atoms with Gasteiger partial charge in [0.15, 0.2) is 34.9 Å². The minimum absolute atomic E-state index is 0.433. The first kappa shape index (κ1) is 40.2. The van der Waals surface area contributed by atoms with Crippen LogP contribution in [0.1, 0.15) is 11.1 Å². The molecule has 3 heterocycles. The van der Waals surface area contributed by atoms with Crippen molar-refractivity contribution in [2.45, 2.75) is 13.1 Å². The minimum atomic E-state index is -4.44. The Morgan fingerprint density at radius 1 is 0.348 bits per heavy atom. The fourth-order valence-corrected chi connectivity index (χ4v) is 8.48. The SMILES string of the molecule is Cc1cc(C(F)(F)F)ccc1-c1ccc2c(c1)c1ccccc1n2-c1ccc(-c2nc(-c3ccccc3)nc(-c3ccccc3)n2)cc1-c1nc(-c2ccccc2)nc(-c2ccccc2)n1. The minimum Gasteiger partial charge on any atom is -0.309 e. The molecule has 0 atom stereocenters. The summed E-state index contributed by atoms with van der Waals surface area (Å²) in [5, 5.41) is 1.90. The van der Waals surface area contributed by atoms with Gasteiger partial charge in [0.05, 0.1) is 22.3 Å². The monoisotopic (exact) mass is 863 g/mol. The highest BCUT2D eigenvalue weighted by Gasteiger charge is 2.31. The van der Waals surface area contributed by atoms with Crippen LogP contribution in [0.4, 0.5) is 13.2 Å². The van der Waals surface area contributed by atoms with Crippen molar-refractivity contribution in [1.29, 1.82) is 0 Å². The third kappa shape index (κ3) is 7.54. The zero-order valence-corrected chi connectivity index (χ0v) is 35.3. The lowest BCUT2D eigenvalue weighted by atomic mass is 9.97. The lowest BCUT2D eigenvalue weighted by Crippen LogP contribution is -2.05. The van der Waals surface area contributed by atoms with Crippen LogP contribution in [-0.2, 0) is 6.18 Å². The fourth-order valence-electron chi connectivity index (χ4n) is 8.48. The summed E-state index contributed by atoms with van der Waals surface area (Å²) in [4.78, 5) is 30.5. The summed E-state index contributed by atoms with van der Waals surface area (Å²) in [5.41, 5.74) is 8.75. The van der Waals surface area contributed by atoms with Crippen molar-refractivity contribution in [3.8, 4) is 85.1 Å².